The fourth-order valence-electron chi connectivity index (χ4n) is 2.29. The molecule has 2 aromatic rings. The van der Waals surface area contributed by atoms with E-state index in [1.165, 1.54) is 0 Å². The molecule has 2 heterocycles. The van der Waals surface area contributed by atoms with Crippen molar-refractivity contribution >= 4 is 22.8 Å². The van der Waals surface area contributed by atoms with E-state index in [2.05, 4.69) is 23.2 Å². The maximum Gasteiger partial charge on any atom is 0.128 e. The van der Waals surface area contributed by atoms with Gasteiger partial charge in [0, 0.05) is 10.9 Å². The molecule has 18 heavy (non-hydrogen) atoms. The van der Waals surface area contributed by atoms with Gasteiger partial charge in [0.15, 0.2) is 0 Å². The molecule has 1 aliphatic rings. The van der Waals surface area contributed by atoms with Gasteiger partial charge in [-0.15, -0.1) is 0 Å². The Kier molecular flexibility index (Phi) is 2.14. The molecule has 0 aliphatic carbocycles. The van der Waals surface area contributed by atoms with Crippen LogP contribution in [0.1, 0.15) is 25.0 Å². The molecule has 0 unspecified atom stereocenters. The van der Waals surface area contributed by atoms with Crippen LogP contribution in [-0.4, -0.2) is 10.6 Å². The number of pyridine rings is 1. The minimum Gasteiger partial charge on any atom is -0.483 e. The number of anilines is 1. The third-order valence-corrected chi connectivity index (χ3v) is 3.20. The summed E-state index contributed by atoms with van der Waals surface area (Å²) in [6.45, 7) is 6.13. The van der Waals surface area contributed by atoms with Crippen LogP contribution in [0.15, 0.2) is 24.3 Å². The third kappa shape index (κ3) is 1.72. The van der Waals surface area contributed by atoms with Crippen LogP contribution in [0.2, 0.25) is 0 Å². The molecule has 1 aromatic carbocycles. The van der Waals surface area contributed by atoms with E-state index in [9.17, 15) is 0 Å². The monoisotopic (exact) mass is 240 g/mol. The smallest absolute Gasteiger partial charge is 0.128 e. The lowest BCUT2D eigenvalue weighted by atomic mass is 10.00. The van der Waals surface area contributed by atoms with Gasteiger partial charge in [-0.2, -0.15) is 0 Å². The third-order valence-electron chi connectivity index (χ3n) is 3.20. The summed E-state index contributed by atoms with van der Waals surface area (Å²) in [4.78, 5) is 4.37. The lowest BCUT2D eigenvalue weighted by Gasteiger charge is -2.28. The molecule has 1 aliphatic heterocycles. The zero-order valence-electron chi connectivity index (χ0n) is 10.8. The molecule has 0 bridgehead atoms. The minimum atomic E-state index is -0.254. The highest BCUT2D eigenvalue weighted by atomic mass is 16.5. The first-order valence-electron chi connectivity index (χ1n) is 6.04. The summed E-state index contributed by atoms with van der Waals surface area (Å²) in [5.74, 6) is 1.46. The maximum absolute atomic E-state index is 5.97. The van der Waals surface area contributed by atoms with Gasteiger partial charge in [0.05, 0.1) is 5.52 Å². The molecule has 0 amide bonds. The second kappa shape index (κ2) is 3.48. The molecule has 0 spiro atoms. The van der Waals surface area contributed by atoms with Crippen LogP contribution in [0.25, 0.3) is 17.0 Å². The second-order valence-corrected chi connectivity index (χ2v) is 5.31. The largest absolute Gasteiger partial charge is 0.483 e. The van der Waals surface area contributed by atoms with Crippen LogP contribution in [0, 0.1) is 6.92 Å². The van der Waals surface area contributed by atoms with Gasteiger partial charge in [-0.3, -0.25) is 0 Å². The normalized spacial score (nSPS) is 16.4. The summed E-state index contributed by atoms with van der Waals surface area (Å²) >= 11 is 0. The van der Waals surface area contributed by atoms with Gasteiger partial charge in [-0.25, -0.2) is 4.98 Å². The number of nitrogen functional groups attached to an aromatic ring is 1. The van der Waals surface area contributed by atoms with Crippen molar-refractivity contribution in [1.29, 1.82) is 0 Å². The van der Waals surface area contributed by atoms with Crippen LogP contribution in [0.4, 0.5) is 5.82 Å². The molecule has 0 fully saturated rings. The Hall–Kier alpha value is -2.03. The Labute approximate surface area is 106 Å². The van der Waals surface area contributed by atoms with Crippen molar-refractivity contribution in [1.82, 2.24) is 4.98 Å². The van der Waals surface area contributed by atoms with Crippen molar-refractivity contribution in [3.8, 4) is 5.75 Å². The molecule has 2 N–H and O–H groups in total. The van der Waals surface area contributed by atoms with Crippen LogP contribution in [0.3, 0.4) is 0 Å². The quantitative estimate of drug-likeness (QED) is 0.768. The Bertz CT molecular complexity index is 672. The number of nitrogens with zero attached hydrogens (tertiary/aromatic N) is 1. The van der Waals surface area contributed by atoms with Crippen molar-refractivity contribution in [3.05, 3.63) is 35.4 Å². The predicted octanol–water partition coefficient (Wildman–Crippen LogP) is 3.31. The number of nitrogens with two attached hydrogens (primary N) is 1. The van der Waals surface area contributed by atoms with Crippen LogP contribution >= 0.6 is 0 Å². The lowest BCUT2D eigenvalue weighted by Crippen LogP contribution is -2.27. The number of benzene rings is 1. The van der Waals surface area contributed by atoms with Gasteiger partial charge in [0.1, 0.15) is 17.2 Å². The SMILES string of the molecule is Cc1cc(N)nc2cc3c(cc12)OC(C)(C)C=C3. The molecule has 3 heteroatoms. The Morgan fingerprint density at radius 3 is 2.78 bits per heavy atom. The van der Waals surface area contributed by atoms with Gasteiger partial charge >= 0.3 is 0 Å². The highest BCUT2D eigenvalue weighted by molar-refractivity contribution is 5.88. The Morgan fingerprint density at radius 1 is 1.22 bits per heavy atom. The molecule has 0 radical (unpaired) electrons. The van der Waals surface area contributed by atoms with Gasteiger partial charge in [-0.05, 0) is 50.6 Å². The van der Waals surface area contributed by atoms with Gasteiger partial charge in [-0.1, -0.05) is 6.08 Å². The number of aromatic nitrogens is 1. The number of fused-ring (bicyclic) bond motifs is 2. The summed E-state index contributed by atoms with van der Waals surface area (Å²) < 4.78 is 5.97. The minimum absolute atomic E-state index is 0.254. The summed E-state index contributed by atoms with van der Waals surface area (Å²) in [6.07, 6.45) is 4.14. The number of aryl methyl sites for hydroxylation is 1. The number of ether oxygens (including phenoxy) is 1. The lowest BCUT2D eigenvalue weighted by molar-refractivity contribution is 0.159. The fourth-order valence-corrected chi connectivity index (χ4v) is 2.29. The van der Waals surface area contributed by atoms with Crippen LogP contribution < -0.4 is 10.5 Å². The van der Waals surface area contributed by atoms with E-state index >= 15 is 0 Å². The second-order valence-electron chi connectivity index (χ2n) is 5.31. The number of rotatable bonds is 0. The molecule has 0 saturated heterocycles. The standard InChI is InChI=1S/C15H16N2O/c1-9-6-14(16)17-12-7-10-4-5-15(2,3)18-13(10)8-11(9)12/h4-8H,1-3H3,(H2,16,17). The molecule has 1 aromatic heterocycles. The number of hydrogen-bond donors (Lipinski definition) is 1. The molecule has 92 valence electrons. The van der Waals surface area contributed by atoms with E-state index in [0.717, 1.165) is 27.8 Å². The molecule has 3 rings (SSSR count). The topological polar surface area (TPSA) is 48.1 Å². The van der Waals surface area contributed by atoms with E-state index in [4.69, 9.17) is 10.5 Å². The van der Waals surface area contributed by atoms with Crippen molar-refractivity contribution < 1.29 is 4.74 Å². The van der Waals surface area contributed by atoms with E-state index < -0.39 is 0 Å². The molecule has 0 saturated carbocycles. The summed E-state index contributed by atoms with van der Waals surface area (Å²) in [5, 5.41) is 1.09. The fraction of sp³-hybridized carbons (Fsp3) is 0.267. The van der Waals surface area contributed by atoms with E-state index in [1.807, 2.05) is 32.9 Å². The average molecular weight is 240 g/mol. The van der Waals surface area contributed by atoms with Gasteiger partial charge in [0.2, 0.25) is 0 Å². The van der Waals surface area contributed by atoms with Crippen molar-refractivity contribution in [3.63, 3.8) is 0 Å². The van der Waals surface area contributed by atoms with Crippen LogP contribution in [0.5, 0.6) is 5.75 Å². The van der Waals surface area contributed by atoms with Crippen molar-refractivity contribution in [2.75, 3.05) is 5.73 Å². The van der Waals surface area contributed by atoms with Crippen molar-refractivity contribution in [2.45, 2.75) is 26.4 Å². The first-order chi connectivity index (χ1) is 8.44. The predicted molar refractivity (Wildman–Crippen MR) is 74.6 cm³/mol. The van der Waals surface area contributed by atoms with Gasteiger partial charge in [0.25, 0.3) is 0 Å². The molecular weight excluding hydrogens is 224 g/mol. The summed E-state index contributed by atoms with van der Waals surface area (Å²) in [6, 6.07) is 5.97. The van der Waals surface area contributed by atoms with Crippen molar-refractivity contribution in [2.24, 2.45) is 0 Å². The highest BCUT2D eigenvalue weighted by Gasteiger charge is 2.22. The first-order valence-corrected chi connectivity index (χ1v) is 6.04. The summed E-state index contributed by atoms with van der Waals surface area (Å²) in [5.41, 5.74) is 8.62. The zero-order chi connectivity index (χ0) is 12.9. The first kappa shape index (κ1) is 11.1. The summed E-state index contributed by atoms with van der Waals surface area (Å²) in [7, 11) is 0. The molecule has 0 atom stereocenters. The zero-order valence-corrected chi connectivity index (χ0v) is 10.8. The maximum atomic E-state index is 5.97. The van der Waals surface area contributed by atoms with Gasteiger partial charge < -0.3 is 10.5 Å². The Balaban J connectivity index is 2.28. The number of hydrogen-bond acceptors (Lipinski definition) is 3. The van der Waals surface area contributed by atoms with E-state index in [0.29, 0.717) is 5.82 Å². The molecular formula is C15H16N2O. The molecule has 3 nitrogen and oxygen atoms in total. The van der Waals surface area contributed by atoms with E-state index in [-0.39, 0.29) is 5.60 Å². The Morgan fingerprint density at radius 2 is 2.00 bits per heavy atom. The van der Waals surface area contributed by atoms with Crippen LogP contribution in [-0.2, 0) is 0 Å². The highest BCUT2D eigenvalue weighted by Crippen LogP contribution is 2.34. The van der Waals surface area contributed by atoms with E-state index in [1.54, 1.807) is 0 Å². The average Bonchev–Trinajstić information content (AvgIpc) is 2.26.